The SMILES string of the molecule is Cc1cc(C)c(NC(=O)CN(C)C(=O)c2cc(C)n(C(C)C)c2C)c(C)c1. The lowest BCUT2D eigenvalue weighted by molar-refractivity contribution is -0.116. The van der Waals surface area contributed by atoms with Crippen LogP contribution in [0.15, 0.2) is 18.2 Å². The van der Waals surface area contributed by atoms with E-state index in [1.165, 1.54) is 4.90 Å². The average Bonchev–Trinajstić information content (AvgIpc) is 2.84. The van der Waals surface area contributed by atoms with E-state index >= 15 is 0 Å². The number of benzene rings is 1. The smallest absolute Gasteiger partial charge is 0.255 e. The first-order valence-electron chi connectivity index (χ1n) is 9.34. The maximum Gasteiger partial charge on any atom is 0.255 e. The molecule has 0 aliphatic heterocycles. The summed E-state index contributed by atoms with van der Waals surface area (Å²) in [4.78, 5) is 26.8. The monoisotopic (exact) mass is 369 g/mol. The van der Waals surface area contributed by atoms with Gasteiger partial charge in [0.2, 0.25) is 5.91 Å². The van der Waals surface area contributed by atoms with E-state index in [1.807, 2.05) is 52.8 Å². The van der Waals surface area contributed by atoms with Crippen LogP contribution < -0.4 is 5.32 Å². The second-order valence-electron chi connectivity index (χ2n) is 7.73. The molecule has 27 heavy (non-hydrogen) atoms. The van der Waals surface area contributed by atoms with Crippen molar-refractivity contribution < 1.29 is 9.59 Å². The summed E-state index contributed by atoms with van der Waals surface area (Å²) in [5.41, 5.74) is 6.67. The Kier molecular flexibility index (Phi) is 6.14. The van der Waals surface area contributed by atoms with E-state index in [2.05, 4.69) is 23.7 Å². The van der Waals surface area contributed by atoms with Crippen LogP contribution in [0.2, 0.25) is 0 Å². The van der Waals surface area contributed by atoms with Gasteiger partial charge in [0.1, 0.15) is 0 Å². The van der Waals surface area contributed by atoms with Gasteiger partial charge in [-0.25, -0.2) is 0 Å². The summed E-state index contributed by atoms with van der Waals surface area (Å²) in [6, 6.07) is 6.27. The number of anilines is 1. The van der Waals surface area contributed by atoms with Crippen molar-refractivity contribution >= 4 is 17.5 Å². The van der Waals surface area contributed by atoms with E-state index < -0.39 is 0 Å². The average molecular weight is 370 g/mol. The molecule has 0 radical (unpaired) electrons. The number of rotatable bonds is 5. The highest BCUT2D eigenvalue weighted by molar-refractivity contribution is 6.00. The Bertz CT molecular complexity index is 855. The highest BCUT2D eigenvalue weighted by Crippen LogP contribution is 2.23. The van der Waals surface area contributed by atoms with Gasteiger partial charge in [0.15, 0.2) is 0 Å². The Hall–Kier alpha value is -2.56. The van der Waals surface area contributed by atoms with Crippen LogP contribution in [0.25, 0.3) is 0 Å². The zero-order valence-electron chi connectivity index (χ0n) is 17.7. The van der Waals surface area contributed by atoms with Crippen molar-refractivity contribution in [3.63, 3.8) is 0 Å². The van der Waals surface area contributed by atoms with Crippen LogP contribution >= 0.6 is 0 Å². The Morgan fingerprint density at radius 1 is 1.04 bits per heavy atom. The molecule has 5 heteroatoms. The summed E-state index contributed by atoms with van der Waals surface area (Å²) in [5, 5.41) is 2.95. The second kappa shape index (κ2) is 7.99. The molecule has 2 amide bonds. The quantitative estimate of drug-likeness (QED) is 0.853. The molecule has 0 saturated carbocycles. The number of aryl methyl sites for hydroxylation is 4. The number of amides is 2. The van der Waals surface area contributed by atoms with E-state index in [1.54, 1.807) is 7.05 Å². The first-order valence-corrected chi connectivity index (χ1v) is 9.34. The number of likely N-dealkylation sites (N-methyl/N-ethyl adjacent to an activating group) is 1. The maximum absolute atomic E-state index is 12.9. The standard InChI is InChI=1S/C22H31N3O2/c1-13(2)25-17(6)11-19(18(25)7)22(27)24(8)12-20(26)23-21-15(4)9-14(3)10-16(21)5/h9-11,13H,12H2,1-8H3,(H,23,26). The van der Waals surface area contributed by atoms with E-state index in [4.69, 9.17) is 0 Å². The summed E-state index contributed by atoms with van der Waals surface area (Å²) in [6.07, 6.45) is 0. The van der Waals surface area contributed by atoms with Crippen molar-refractivity contribution in [2.24, 2.45) is 0 Å². The van der Waals surface area contributed by atoms with Crippen LogP contribution in [-0.4, -0.2) is 34.9 Å². The van der Waals surface area contributed by atoms with Gasteiger partial charge in [0, 0.05) is 30.2 Å². The minimum absolute atomic E-state index is 0.0108. The first kappa shape index (κ1) is 20.7. The molecule has 2 rings (SSSR count). The zero-order chi connectivity index (χ0) is 20.5. The van der Waals surface area contributed by atoms with Crippen LogP contribution in [0.1, 0.15) is 58.3 Å². The summed E-state index contributed by atoms with van der Waals surface area (Å²) in [7, 11) is 1.66. The third-order valence-electron chi connectivity index (χ3n) is 4.90. The second-order valence-corrected chi connectivity index (χ2v) is 7.73. The fourth-order valence-corrected chi connectivity index (χ4v) is 3.84. The predicted octanol–water partition coefficient (Wildman–Crippen LogP) is 4.32. The highest BCUT2D eigenvalue weighted by Gasteiger charge is 2.21. The molecule has 0 saturated heterocycles. The molecule has 0 atom stereocenters. The lowest BCUT2D eigenvalue weighted by Gasteiger charge is -2.19. The van der Waals surface area contributed by atoms with Crippen molar-refractivity contribution in [1.29, 1.82) is 0 Å². The van der Waals surface area contributed by atoms with Crippen molar-refractivity contribution in [3.8, 4) is 0 Å². The van der Waals surface area contributed by atoms with Crippen molar-refractivity contribution in [2.45, 2.75) is 54.5 Å². The fourth-order valence-electron chi connectivity index (χ4n) is 3.84. The fraction of sp³-hybridized carbons (Fsp3) is 0.455. The molecule has 0 spiro atoms. The van der Waals surface area contributed by atoms with Crippen molar-refractivity contribution in [1.82, 2.24) is 9.47 Å². The molecule has 146 valence electrons. The summed E-state index contributed by atoms with van der Waals surface area (Å²) >= 11 is 0. The molecule has 0 fully saturated rings. The molecular formula is C22H31N3O2. The number of carbonyl (C=O) groups is 2. The van der Waals surface area contributed by atoms with Gasteiger partial charge in [-0.05, 0) is 65.7 Å². The van der Waals surface area contributed by atoms with E-state index in [9.17, 15) is 9.59 Å². The largest absolute Gasteiger partial charge is 0.346 e. The van der Waals surface area contributed by atoms with Crippen LogP contribution in [0, 0.1) is 34.6 Å². The maximum atomic E-state index is 12.9. The van der Waals surface area contributed by atoms with E-state index in [-0.39, 0.29) is 24.4 Å². The minimum Gasteiger partial charge on any atom is -0.346 e. The van der Waals surface area contributed by atoms with Crippen LogP contribution in [0.4, 0.5) is 5.69 Å². The Labute approximate surface area is 162 Å². The number of hydrogen-bond donors (Lipinski definition) is 1. The number of hydrogen-bond acceptors (Lipinski definition) is 2. The number of carbonyl (C=O) groups excluding carboxylic acids is 2. The van der Waals surface area contributed by atoms with Gasteiger partial charge in [-0.1, -0.05) is 17.7 Å². The molecule has 1 heterocycles. The minimum atomic E-state index is -0.196. The number of nitrogens with one attached hydrogen (secondary N) is 1. The molecular weight excluding hydrogens is 338 g/mol. The first-order chi connectivity index (χ1) is 12.5. The summed E-state index contributed by atoms with van der Waals surface area (Å²) < 4.78 is 2.14. The van der Waals surface area contributed by atoms with Crippen LogP contribution in [0.3, 0.4) is 0 Å². The van der Waals surface area contributed by atoms with Crippen molar-refractivity contribution in [3.05, 3.63) is 51.8 Å². The summed E-state index contributed by atoms with van der Waals surface area (Å²) in [5.74, 6) is -0.332. The van der Waals surface area contributed by atoms with E-state index in [0.717, 1.165) is 33.8 Å². The van der Waals surface area contributed by atoms with Gasteiger partial charge in [-0.3, -0.25) is 9.59 Å². The normalized spacial score (nSPS) is 11.0. The van der Waals surface area contributed by atoms with Gasteiger partial charge < -0.3 is 14.8 Å². The lowest BCUT2D eigenvalue weighted by Crippen LogP contribution is -2.35. The molecule has 0 aliphatic rings. The third-order valence-corrected chi connectivity index (χ3v) is 4.90. The summed E-state index contributed by atoms with van der Waals surface area (Å²) in [6.45, 7) is 14.1. The number of aromatic nitrogens is 1. The lowest BCUT2D eigenvalue weighted by atomic mass is 10.1. The van der Waals surface area contributed by atoms with Gasteiger partial charge in [0.05, 0.1) is 12.1 Å². The molecule has 0 bridgehead atoms. The third kappa shape index (κ3) is 4.41. The molecule has 0 unspecified atom stereocenters. The van der Waals surface area contributed by atoms with Gasteiger partial charge in [-0.2, -0.15) is 0 Å². The molecule has 1 N–H and O–H groups in total. The highest BCUT2D eigenvalue weighted by atomic mass is 16.2. The predicted molar refractivity (Wildman–Crippen MR) is 111 cm³/mol. The Morgan fingerprint density at radius 2 is 1.59 bits per heavy atom. The van der Waals surface area contributed by atoms with Crippen molar-refractivity contribution in [2.75, 3.05) is 18.9 Å². The molecule has 1 aromatic heterocycles. The van der Waals surface area contributed by atoms with E-state index in [0.29, 0.717) is 5.56 Å². The Morgan fingerprint density at radius 3 is 2.07 bits per heavy atom. The Balaban J connectivity index is 2.13. The topological polar surface area (TPSA) is 54.3 Å². The van der Waals surface area contributed by atoms with Gasteiger partial charge >= 0.3 is 0 Å². The molecule has 2 aromatic rings. The van der Waals surface area contributed by atoms with Gasteiger partial charge in [-0.15, -0.1) is 0 Å². The van der Waals surface area contributed by atoms with Crippen LogP contribution in [-0.2, 0) is 4.79 Å². The molecule has 0 aliphatic carbocycles. The van der Waals surface area contributed by atoms with Gasteiger partial charge in [0.25, 0.3) is 5.91 Å². The number of nitrogens with zero attached hydrogens (tertiary/aromatic N) is 2. The van der Waals surface area contributed by atoms with Crippen LogP contribution in [0.5, 0.6) is 0 Å². The molecule has 5 nitrogen and oxygen atoms in total. The zero-order valence-corrected chi connectivity index (χ0v) is 17.7. The molecule has 1 aromatic carbocycles.